The fourth-order valence-corrected chi connectivity index (χ4v) is 3.50. The highest BCUT2D eigenvalue weighted by atomic mass is 32.1. The van der Waals surface area contributed by atoms with Crippen molar-refractivity contribution in [2.75, 3.05) is 0 Å². The Hall–Kier alpha value is -3.06. The van der Waals surface area contributed by atoms with Crippen LogP contribution in [0.15, 0.2) is 59.9 Å². The number of rotatable bonds is 4. The van der Waals surface area contributed by atoms with Gasteiger partial charge in [-0.3, -0.25) is 9.48 Å². The molecule has 3 aromatic heterocycles. The van der Waals surface area contributed by atoms with Crippen LogP contribution in [-0.4, -0.2) is 24.5 Å². The smallest absolute Gasteiger partial charge is 0.203 e. The Morgan fingerprint density at radius 2 is 2.08 bits per heavy atom. The molecular weight excluding hydrogens is 346 g/mol. The molecule has 1 aromatic carbocycles. The Kier molecular flexibility index (Phi) is 4.22. The largest absolute Gasteiger partial charge is 0.288 e. The van der Waals surface area contributed by atoms with Gasteiger partial charge in [-0.05, 0) is 18.6 Å². The van der Waals surface area contributed by atoms with Crippen molar-refractivity contribution in [1.82, 2.24) is 24.5 Å². The number of hydrogen-bond donors (Lipinski definition) is 0. The summed E-state index contributed by atoms with van der Waals surface area (Å²) in [6.07, 6.45) is 7.58. The molecule has 4 rings (SSSR count). The van der Waals surface area contributed by atoms with Gasteiger partial charge in [0.15, 0.2) is 0 Å². The van der Waals surface area contributed by atoms with E-state index in [0.29, 0.717) is 12.1 Å². The van der Waals surface area contributed by atoms with Crippen LogP contribution in [0, 0.1) is 6.92 Å². The molecule has 0 aliphatic heterocycles. The number of benzene rings is 1. The van der Waals surface area contributed by atoms with Gasteiger partial charge in [0.05, 0.1) is 12.4 Å². The van der Waals surface area contributed by atoms with Crippen molar-refractivity contribution in [3.63, 3.8) is 0 Å². The van der Waals surface area contributed by atoms with Crippen LogP contribution in [0.1, 0.15) is 16.1 Å². The van der Waals surface area contributed by atoms with Crippen LogP contribution >= 0.6 is 11.3 Å². The van der Waals surface area contributed by atoms with Crippen LogP contribution in [0.3, 0.4) is 0 Å². The lowest BCUT2D eigenvalue weighted by Gasteiger charge is -2.06. The summed E-state index contributed by atoms with van der Waals surface area (Å²) in [5.41, 5.74) is 3.35. The summed E-state index contributed by atoms with van der Waals surface area (Å²) in [7, 11) is 1.85. The van der Waals surface area contributed by atoms with Crippen molar-refractivity contribution < 1.29 is 0 Å². The zero-order valence-electron chi connectivity index (χ0n) is 14.5. The van der Waals surface area contributed by atoms with Crippen molar-refractivity contribution in [3.05, 3.63) is 81.5 Å². The molecular formula is C19H17N5OS. The van der Waals surface area contributed by atoms with E-state index in [2.05, 4.69) is 21.2 Å². The summed E-state index contributed by atoms with van der Waals surface area (Å²) in [4.78, 5) is 17.9. The minimum absolute atomic E-state index is 0.0689. The Morgan fingerprint density at radius 1 is 1.19 bits per heavy atom. The van der Waals surface area contributed by atoms with E-state index in [9.17, 15) is 4.79 Å². The van der Waals surface area contributed by atoms with E-state index >= 15 is 0 Å². The maximum Gasteiger partial charge on any atom is 0.203 e. The molecule has 6 nitrogen and oxygen atoms in total. The van der Waals surface area contributed by atoms with Gasteiger partial charge in [-0.1, -0.05) is 18.2 Å². The molecule has 0 bridgehead atoms. The summed E-state index contributed by atoms with van der Waals surface area (Å²) in [6, 6.07) is 9.65. The number of thiazole rings is 1. The molecule has 0 atom stereocenters. The average Bonchev–Trinajstić information content (AvgIpc) is 3.26. The maximum absolute atomic E-state index is 12.3. The minimum Gasteiger partial charge on any atom is -0.288 e. The lowest BCUT2D eigenvalue weighted by molar-refractivity contribution is 0.762. The molecule has 0 saturated carbocycles. The van der Waals surface area contributed by atoms with E-state index in [1.807, 2.05) is 44.6 Å². The lowest BCUT2D eigenvalue weighted by atomic mass is 10.1. The highest BCUT2D eigenvalue weighted by Gasteiger charge is 2.09. The summed E-state index contributed by atoms with van der Waals surface area (Å²) in [5, 5.41) is 9.63. The van der Waals surface area contributed by atoms with Gasteiger partial charge in [0, 0.05) is 42.4 Å². The molecule has 26 heavy (non-hydrogen) atoms. The van der Waals surface area contributed by atoms with Crippen LogP contribution in [-0.2, 0) is 13.5 Å². The lowest BCUT2D eigenvalue weighted by Crippen LogP contribution is -2.16. The van der Waals surface area contributed by atoms with E-state index in [1.54, 1.807) is 39.2 Å². The SMILES string of the molecule is Cc1cnc(-c2cccc(Cc3nn(-c4cnn(C)c4)ccc3=O)c2)s1. The molecule has 7 heteroatoms. The molecule has 0 unspecified atom stereocenters. The average molecular weight is 363 g/mol. The van der Waals surface area contributed by atoms with E-state index < -0.39 is 0 Å². The fourth-order valence-electron chi connectivity index (χ4n) is 2.74. The molecule has 0 aliphatic rings. The van der Waals surface area contributed by atoms with Gasteiger partial charge < -0.3 is 0 Å². The van der Waals surface area contributed by atoms with Crippen LogP contribution in [0.25, 0.3) is 16.3 Å². The maximum atomic E-state index is 12.3. The quantitative estimate of drug-likeness (QED) is 0.559. The second-order valence-corrected chi connectivity index (χ2v) is 7.33. The molecule has 0 saturated heterocycles. The summed E-state index contributed by atoms with van der Waals surface area (Å²) >= 11 is 1.66. The van der Waals surface area contributed by atoms with E-state index in [4.69, 9.17) is 0 Å². The summed E-state index contributed by atoms with van der Waals surface area (Å²) in [5.74, 6) is 0. The monoisotopic (exact) mass is 363 g/mol. The zero-order valence-corrected chi connectivity index (χ0v) is 15.3. The van der Waals surface area contributed by atoms with Crippen molar-refractivity contribution >= 4 is 11.3 Å². The van der Waals surface area contributed by atoms with Crippen molar-refractivity contribution in [3.8, 4) is 16.3 Å². The van der Waals surface area contributed by atoms with E-state index in [-0.39, 0.29) is 5.43 Å². The number of aromatic nitrogens is 5. The Bertz CT molecular complexity index is 1120. The molecule has 0 aliphatic carbocycles. The minimum atomic E-state index is -0.0689. The topological polar surface area (TPSA) is 65.6 Å². The van der Waals surface area contributed by atoms with E-state index in [0.717, 1.165) is 21.8 Å². The molecule has 3 heterocycles. The predicted molar refractivity (Wildman–Crippen MR) is 102 cm³/mol. The molecule has 0 radical (unpaired) electrons. The first-order valence-electron chi connectivity index (χ1n) is 8.18. The van der Waals surface area contributed by atoms with Crippen molar-refractivity contribution in [2.24, 2.45) is 7.05 Å². The Balaban J connectivity index is 1.66. The summed E-state index contributed by atoms with van der Waals surface area (Å²) in [6.45, 7) is 2.04. The van der Waals surface area contributed by atoms with Crippen molar-refractivity contribution in [2.45, 2.75) is 13.3 Å². The third-order valence-corrected chi connectivity index (χ3v) is 4.96. The molecule has 0 amide bonds. The first-order chi connectivity index (χ1) is 12.6. The number of hydrogen-bond acceptors (Lipinski definition) is 5. The third kappa shape index (κ3) is 3.34. The molecule has 0 fully saturated rings. The van der Waals surface area contributed by atoms with Crippen LogP contribution in [0.2, 0.25) is 0 Å². The standard InChI is InChI=1S/C19H17N5OS/c1-13-10-20-19(26-13)15-5-3-4-14(8-15)9-17-18(25)6-7-24(22-17)16-11-21-23(2)12-16/h3-8,10-12H,9H2,1-2H3. The van der Waals surface area contributed by atoms with E-state index in [1.165, 1.54) is 4.88 Å². The molecule has 0 N–H and O–H groups in total. The Labute approximate surface area is 154 Å². The van der Waals surface area contributed by atoms with Gasteiger partial charge in [-0.15, -0.1) is 11.3 Å². The van der Waals surface area contributed by atoms with Gasteiger partial charge in [-0.25, -0.2) is 9.67 Å². The first kappa shape index (κ1) is 16.4. The molecule has 0 spiro atoms. The Morgan fingerprint density at radius 3 is 2.81 bits per heavy atom. The highest BCUT2D eigenvalue weighted by Crippen LogP contribution is 2.25. The number of nitrogens with zero attached hydrogens (tertiary/aromatic N) is 5. The zero-order chi connectivity index (χ0) is 18.1. The summed E-state index contributed by atoms with van der Waals surface area (Å²) < 4.78 is 3.38. The highest BCUT2D eigenvalue weighted by molar-refractivity contribution is 7.14. The van der Waals surface area contributed by atoms with Crippen LogP contribution in [0.5, 0.6) is 0 Å². The molecule has 4 aromatic rings. The first-order valence-corrected chi connectivity index (χ1v) is 9.00. The van der Waals surface area contributed by atoms with Gasteiger partial charge in [0.2, 0.25) is 5.43 Å². The second-order valence-electron chi connectivity index (χ2n) is 6.10. The van der Waals surface area contributed by atoms with Gasteiger partial charge in [-0.2, -0.15) is 10.2 Å². The van der Waals surface area contributed by atoms with Crippen molar-refractivity contribution in [1.29, 1.82) is 0 Å². The predicted octanol–water partition coefficient (Wildman–Crippen LogP) is 2.99. The van der Waals surface area contributed by atoms with Gasteiger partial charge in [0.25, 0.3) is 0 Å². The molecule has 130 valence electrons. The number of aryl methyl sites for hydroxylation is 2. The third-order valence-electron chi connectivity index (χ3n) is 4.00. The van der Waals surface area contributed by atoms with Gasteiger partial charge >= 0.3 is 0 Å². The normalized spacial score (nSPS) is 11.0. The second kappa shape index (κ2) is 6.68. The van der Waals surface area contributed by atoms with Crippen LogP contribution < -0.4 is 5.43 Å². The van der Waals surface area contributed by atoms with Gasteiger partial charge in [0.1, 0.15) is 16.4 Å². The fraction of sp³-hybridized carbons (Fsp3) is 0.158. The van der Waals surface area contributed by atoms with Crippen LogP contribution in [0.4, 0.5) is 0 Å².